The second-order valence-electron chi connectivity index (χ2n) is 5.33. The highest BCUT2D eigenvalue weighted by molar-refractivity contribution is 5.50. The molecule has 0 radical (unpaired) electrons. The molecule has 0 aliphatic carbocycles. The van der Waals surface area contributed by atoms with E-state index in [2.05, 4.69) is 24.1 Å². The van der Waals surface area contributed by atoms with Crippen molar-refractivity contribution in [2.45, 2.75) is 45.7 Å². The molecule has 0 saturated carbocycles. The van der Waals surface area contributed by atoms with Gasteiger partial charge in [-0.2, -0.15) is 0 Å². The number of aryl methyl sites for hydroxylation is 1. The van der Waals surface area contributed by atoms with Crippen LogP contribution in [-0.2, 0) is 0 Å². The highest BCUT2D eigenvalue weighted by Crippen LogP contribution is 2.23. The van der Waals surface area contributed by atoms with E-state index in [9.17, 15) is 4.39 Å². The fourth-order valence-electron chi connectivity index (χ4n) is 2.64. The normalized spacial score (nSPS) is 24.3. The minimum absolute atomic E-state index is 0.119. The monoisotopic (exact) mass is 250 g/mol. The fraction of sp³-hybridized carbons (Fsp3) is 0.600. The van der Waals surface area contributed by atoms with Gasteiger partial charge in [-0.05, 0) is 44.0 Å². The summed E-state index contributed by atoms with van der Waals surface area (Å²) in [6, 6.07) is 6.45. The lowest BCUT2D eigenvalue weighted by molar-refractivity contribution is 0.386. The number of nitrogens with zero attached hydrogens (tertiary/aromatic N) is 1. The van der Waals surface area contributed by atoms with E-state index in [0.29, 0.717) is 12.1 Å². The lowest BCUT2D eigenvalue weighted by Gasteiger charge is -2.40. The van der Waals surface area contributed by atoms with Gasteiger partial charge in [0.2, 0.25) is 0 Å². The molecule has 3 heteroatoms. The van der Waals surface area contributed by atoms with Gasteiger partial charge in [0.1, 0.15) is 5.82 Å². The summed E-state index contributed by atoms with van der Waals surface area (Å²) in [5, 5.41) is 3.58. The molecule has 1 aliphatic rings. The van der Waals surface area contributed by atoms with E-state index in [0.717, 1.165) is 24.3 Å². The van der Waals surface area contributed by atoms with Gasteiger partial charge in [0.05, 0.1) is 0 Å². The van der Waals surface area contributed by atoms with Crippen LogP contribution in [0.5, 0.6) is 0 Å². The third kappa shape index (κ3) is 2.83. The third-order valence-corrected chi connectivity index (χ3v) is 3.76. The minimum atomic E-state index is -0.119. The van der Waals surface area contributed by atoms with Crippen molar-refractivity contribution in [1.29, 1.82) is 0 Å². The fourth-order valence-corrected chi connectivity index (χ4v) is 2.64. The Labute approximate surface area is 109 Å². The third-order valence-electron chi connectivity index (χ3n) is 3.76. The van der Waals surface area contributed by atoms with Crippen molar-refractivity contribution in [3.05, 3.63) is 29.6 Å². The summed E-state index contributed by atoms with van der Waals surface area (Å²) >= 11 is 0. The van der Waals surface area contributed by atoms with E-state index in [4.69, 9.17) is 0 Å². The van der Waals surface area contributed by atoms with Crippen LogP contribution in [0.3, 0.4) is 0 Å². The molecule has 2 rings (SSSR count). The molecule has 2 nitrogen and oxygen atoms in total. The summed E-state index contributed by atoms with van der Waals surface area (Å²) in [4.78, 5) is 2.39. The van der Waals surface area contributed by atoms with Crippen LogP contribution in [0.15, 0.2) is 18.2 Å². The SMILES string of the molecule is CCCC1CN(c2ccc(F)c(C)c2)C(C)CN1. The number of anilines is 1. The molecule has 0 bridgehead atoms. The highest BCUT2D eigenvalue weighted by Gasteiger charge is 2.24. The van der Waals surface area contributed by atoms with Crippen molar-refractivity contribution in [2.24, 2.45) is 0 Å². The zero-order chi connectivity index (χ0) is 13.1. The second-order valence-corrected chi connectivity index (χ2v) is 5.33. The summed E-state index contributed by atoms with van der Waals surface area (Å²) < 4.78 is 13.3. The second kappa shape index (κ2) is 5.70. The highest BCUT2D eigenvalue weighted by atomic mass is 19.1. The Balaban J connectivity index is 2.16. The maximum Gasteiger partial charge on any atom is 0.126 e. The lowest BCUT2D eigenvalue weighted by Crippen LogP contribution is -2.55. The molecule has 0 aromatic heterocycles. The average Bonchev–Trinajstić information content (AvgIpc) is 2.35. The van der Waals surface area contributed by atoms with E-state index in [-0.39, 0.29) is 5.82 Å². The van der Waals surface area contributed by atoms with Gasteiger partial charge in [-0.1, -0.05) is 13.3 Å². The number of hydrogen-bond donors (Lipinski definition) is 1. The number of halogens is 1. The largest absolute Gasteiger partial charge is 0.366 e. The molecule has 1 heterocycles. The van der Waals surface area contributed by atoms with Crippen molar-refractivity contribution in [3.8, 4) is 0 Å². The summed E-state index contributed by atoms with van der Waals surface area (Å²) in [6.45, 7) is 8.27. The Kier molecular flexibility index (Phi) is 4.23. The summed E-state index contributed by atoms with van der Waals surface area (Å²) in [7, 11) is 0. The predicted molar refractivity (Wildman–Crippen MR) is 74.6 cm³/mol. The molecule has 18 heavy (non-hydrogen) atoms. The zero-order valence-electron chi connectivity index (χ0n) is 11.5. The molecule has 1 aromatic rings. The van der Waals surface area contributed by atoms with E-state index < -0.39 is 0 Å². The number of rotatable bonds is 3. The van der Waals surface area contributed by atoms with Crippen LogP contribution in [0.1, 0.15) is 32.3 Å². The van der Waals surface area contributed by atoms with Crippen LogP contribution in [0.2, 0.25) is 0 Å². The van der Waals surface area contributed by atoms with E-state index in [1.807, 2.05) is 19.1 Å². The Hall–Kier alpha value is -1.09. The molecule has 2 atom stereocenters. The van der Waals surface area contributed by atoms with Gasteiger partial charge < -0.3 is 10.2 Å². The van der Waals surface area contributed by atoms with E-state index in [1.54, 1.807) is 6.07 Å². The molecule has 100 valence electrons. The number of piperazine rings is 1. The molecular weight excluding hydrogens is 227 g/mol. The van der Waals surface area contributed by atoms with Crippen molar-refractivity contribution in [2.75, 3.05) is 18.0 Å². The lowest BCUT2D eigenvalue weighted by atomic mass is 10.0. The molecule has 0 spiro atoms. The molecule has 0 amide bonds. The maximum atomic E-state index is 13.3. The Morgan fingerprint density at radius 1 is 1.44 bits per heavy atom. The van der Waals surface area contributed by atoms with Gasteiger partial charge in [0.25, 0.3) is 0 Å². The predicted octanol–water partition coefficient (Wildman–Crippen LogP) is 3.10. The Morgan fingerprint density at radius 3 is 2.89 bits per heavy atom. The number of nitrogens with one attached hydrogen (secondary N) is 1. The molecule has 2 unspecified atom stereocenters. The Bertz CT molecular complexity index is 405. The molecule has 1 saturated heterocycles. The van der Waals surface area contributed by atoms with Gasteiger partial charge in [0, 0.05) is 30.9 Å². The first kappa shape index (κ1) is 13.3. The molecule has 1 aromatic carbocycles. The van der Waals surface area contributed by atoms with Crippen LogP contribution >= 0.6 is 0 Å². The molecule has 1 aliphatic heterocycles. The first-order valence-electron chi connectivity index (χ1n) is 6.88. The first-order valence-corrected chi connectivity index (χ1v) is 6.88. The van der Waals surface area contributed by atoms with Gasteiger partial charge in [-0.25, -0.2) is 4.39 Å². The standard InChI is InChI=1S/C15H23FN2/c1-4-5-13-10-18(12(3)9-17-13)14-6-7-15(16)11(2)8-14/h6-8,12-13,17H,4-5,9-10H2,1-3H3. The van der Waals surface area contributed by atoms with Crippen molar-refractivity contribution in [1.82, 2.24) is 5.32 Å². The molecule has 1 N–H and O–H groups in total. The van der Waals surface area contributed by atoms with E-state index in [1.165, 1.54) is 12.8 Å². The average molecular weight is 250 g/mol. The van der Waals surface area contributed by atoms with Gasteiger partial charge in [-0.3, -0.25) is 0 Å². The van der Waals surface area contributed by atoms with Crippen LogP contribution in [0.4, 0.5) is 10.1 Å². The summed E-state index contributed by atoms with van der Waals surface area (Å²) in [5.41, 5.74) is 1.87. The zero-order valence-corrected chi connectivity index (χ0v) is 11.5. The van der Waals surface area contributed by atoms with Gasteiger partial charge in [0.15, 0.2) is 0 Å². The topological polar surface area (TPSA) is 15.3 Å². The van der Waals surface area contributed by atoms with Crippen LogP contribution in [-0.4, -0.2) is 25.2 Å². The summed E-state index contributed by atoms with van der Waals surface area (Å²) in [5.74, 6) is -0.119. The van der Waals surface area contributed by atoms with Crippen molar-refractivity contribution < 1.29 is 4.39 Å². The van der Waals surface area contributed by atoms with Gasteiger partial charge >= 0.3 is 0 Å². The van der Waals surface area contributed by atoms with Crippen molar-refractivity contribution >= 4 is 5.69 Å². The van der Waals surface area contributed by atoms with Crippen LogP contribution < -0.4 is 10.2 Å². The molecule has 1 fully saturated rings. The first-order chi connectivity index (χ1) is 8.61. The quantitative estimate of drug-likeness (QED) is 0.886. The molecular formula is C15H23FN2. The number of benzene rings is 1. The summed E-state index contributed by atoms with van der Waals surface area (Å²) in [6.07, 6.45) is 2.39. The van der Waals surface area contributed by atoms with E-state index >= 15 is 0 Å². The number of hydrogen-bond acceptors (Lipinski definition) is 2. The van der Waals surface area contributed by atoms with Gasteiger partial charge in [-0.15, -0.1) is 0 Å². The van der Waals surface area contributed by atoms with Crippen LogP contribution in [0.25, 0.3) is 0 Å². The maximum absolute atomic E-state index is 13.3. The minimum Gasteiger partial charge on any atom is -0.366 e. The Morgan fingerprint density at radius 2 is 2.22 bits per heavy atom. The van der Waals surface area contributed by atoms with Crippen LogP contribution in [0, 0.1) is 12.7 Å². The smallest absolute Gasteiger partial charge is 0.126 e. The van der Waals surface area contributed by atoms with Crippen molar-refractivity contribution in [3.63, 3.8) is 0 Å².